The predicted molar refractivity (Wildman–Crippen MR) is 121 cm³/mol. The van der Waals surface area contributed by atoms with Crippen LogP contribution in [0.3, 0.4) is 0 Å². The lowest BCUT2D eigenvalue weighted by molar-refractivity contribution is -0.120. The lowest BCUT2D eigenvalue weighted by Gasteiger charge is -2.23. The van der Waals surface area contributed by atoms with Crippen molar-refractivity contribution >= 4 is 61.8 Å². The highest BCUT2D eigenvalue weighted by atomic mass is 32.2. The Morgan fingerprint density at radius 3 is 2.43 bits per heavy atom. The van der Waals surface area contributed by atoms with Gasteiger partial charge < -0.3 is 9.47 Å². The number of para-hydroxylation sites is 1. The van der Waals surface area contributed by atoms with E-state index in [2.05, 4.69) is 30.9 Å². The lowest BCUT2D eigenvalue weighted by atomic mass is 9.84. The summed E-state index contributed by atoms with van der Waals surface area (Å²) in [4.78, 5) is 30.2. The third-order valence-electron chi connectivity index (χ3n) is 5.44. The van der Waals surface area contributed by atoms with Gasteiger partial charge in [-0.25, -0.2) is 0 Å². The van der Waals surface area contributed by atoms with Crippen molar-refractivity contribution in [2.24, 2.45) is 7.05 Å². The first-order valence-corrected chi connectivity index (χ1v) is 11.1. The van der Waals surface area contributed by atoms with E-state index in [0.29, 0.717) is 25.0 Å². The number of aromatic nitrogens is 1. The molecule has 2 aliphatic rings. The molecule has 0 saturated carbocycles. The van der Waals surface area contributed by atoms with Crippen LogP contribution in [0, 0.1) is 0 Å². The largest absolute Gasteiger partial charge is 0.346 e. The van der Waals surface area contributed by atoms with Crippen LogP contribution in [-0.2, 0) is 17.3 Å². The molecular formula is C20H21N3O2S3. The molecule has 0 unspecified atom stereocenters. The second-order valence-electron chi connectivity index (χ2n) is 7.40. The van der Waals surface area contributed by atoms with Crippen molar-refractivity contribution in [3.05, 3.63) is 49.4 Å². The number of thiazole rings is 1. The third-order valence-corrected chi connectivity index (χ3v) is 8.25. The number of thioether (sulfide) groups is 1. The summed E-state index contributed by atoms with van der Waals surface area (Å²) in [5, 5.41) is 0. The summed E-state index contributed by atoms with van der Waals surface area (Å²) in [6.07, 6.45) is 0. The molecule has 2 aliphatic heterocycles. The number of anilines is 1. The Morgan fingerprint density at radius 1 is 1.14 bits per heavy atom. The van der Waals surface area contributed by atoms with Crippen molar-refractivity contribution in [1.82, 2.24) is 9.47 Å². The van der Waals surface area contributed by atoms with Gasteiger partial charge in [0.15, 0.2) is 0 Å². The van der Waals surface area contributed by atoms with Gasteiger partial charge in [0.25, 0.3) is 11.5 Å². The molecule has 3 heterocycles. The summed E-state index contributed by atoms with van der Waals surface area (Å²) < 4.78 is 3.47. The zero-order valence-corrected chi connectivity index (χ0v) is 18.8. The van der Waals surface area contributed by atoms with E-state index < -0.39 is 0 Å². The average molecular weight is 432 g/mol. The average Bonchev–Trinajstić information content (AvgIpc) is 3.18. The molecule has 5 nitrogen and oxygen atoms in total. The molecule has 1 saturated heterocycles. The summed E-state index contributed by atoms with van der Waals surface area (Å²) in [6.45, 7) is 6.71. The van der Waals surface area contributed by atoms with Crippen LogP contribution in [0.4, 0.5) is 5.69 Å². The molecule has 2 aromatic rings. The minimum atomic E-state index is -0.304. The number of thiocarbonyl (C=S) groups is 1. The van der Waals surface area contributed by atoms with Gasteiger partial charge in [-0.3, -0.25) is 14.5 Å². The summed E-state index contributed by atoms with van der Waals surface area (Å²) in [5.41, 5.74) is 2.89. The number of carbonyl (C=O) groups is 1. The van der Waals surface area contributed by atoms with Crippen molar-refractivity contribution < 1.29 is 4.79 Å². The van der Waals surface area contributed by atoms with Crippen LogP contribution < -0.4 is 19.7 Å². The Balaban J connectivity index is 2.05. The van der Waals surface area contributed by atoms with Crippen LogP contribution in [0.2, 0.25) is 0 Å². The molecule has 0 radical (unpaired) electrons. The van der Waals surface area contributed by atoms with Gasteiger partial charge in [0.05, 0.1) is 5.70 Å². The fraction of sp³-hybridized carbons (Fsp3) is 0.350. The first-order chi connectivity index (χ1) is 13.2. The van der Waals surface area contributed by atoms with E-state index in [1.807, 2.05) is 26.1 Å². The zero-order valence-electron chi connectivity index (χ0n) is 16.4. The van der Waals surface area contributed by atoms with Crippen LogP contribution in [0.1, 0.15) is 26.3 Å². The maximum absolute atomic E-state index is 13.2. The van der Waals surface area contributed by atoms with Crippen LogP contribution in [0.25, 0.3) is 10.6 Å². The van der Waals surface area contributed by atoms with Crippen LogP contribution >= 0.6 is 35.3 Å². The second-order valence-corrected chi connectivity index (χ2v) is 10.0. The molecule has 1 aromatic carbocycles. The monoisotopic (exact) mass is 431 g/mol. The van der Waals surface area contributed by atoms with Gasteiger partial charge >= 0.3 is 0 Å². The quantitative estimate of drug-likeness (QED) is 0.646. The van der Waals surface area contributed by atoms with Crippen molar-refractivity contribution in [2.75, 3.05) is 18.5 Å². The SMILES string of the molecule is CCN1C(=O)C(=c2sc(=C3N(C)c4ccccc4C3(C)C)c(=O)n2C)SC1=S. The molecule has 8 heteroatoms. The normalized spacial score (nSPS) is 22.3. The zero-order chi connectivity index (χ0) is 20.4. The minimum absolute atomic E-state index is 0.0792. The molecule has 0 N–H and O–H groups in total. The van der Waals surface area contributed by atoms with Crippen LogP contribution in [0.5, 0.6) is 0 Å². The number of nitrogens with zero attached hydrogens (tertiary/aromatic N) is 3. The molecule has 28 heavy (non-hydrogen) atoms. The molecule has 0 bridgehead atoms. The Kier molecular flexibility index (Phi) is 4.56. The Bertz CT molecular complexity index is 1210. The molecule has 1 aromatic heterocycles. The van der Waals surface area contributed by atoms with Gasteiger partial charge in [0.1, 0.15) is 18.4 Å². The Labute approximate surface area is 177 Å². The van der Waals surface area contributed by atoms with E-state index in [-0.39, 0.29) is 16.9 Å². The number of hydrogen-bond donors (Lipinski definition) is 0. The number of carbonyl (C=O) groups excluding carboxylic acids is 1. The van der Waals surface area contributed by atoms with Gasteiger partial charge in [-0.05, 0) is 18.6 Å². The molecule has 1 amide bonds. The first kappa shape index (κ1) is 19.4. The highest BCUT2D eigenvalue weighted by Gasteiger charge is 2.40. The van der Waals surface area contributed by atoms with Gasteiger partial charge in [0, 0.05) is 31.7 Å². The van der Waals surface area contributed by atoms with Gasteiger partial charge in [-0.1, -0.05) is 56.0 Å². The number of likely N-dealkylation sites (N-methyl/N-ethyl adjacent to an activating group) is 1. The number of benzene rings is 1. The van der Waals surface area contributed by atoms with E-state index in [0.717, 1.165) is 11.4 Å². The van der Waals surface area contributed by atoms with Gasteiger partial charge in [-0.2, -0.15) is 0 Å². The molecule has 146 valence electrons. The number of amides is 1. The number of fused-ring (bicyclic) bond motifs is 1. The maximum Gasteiger partial charge on any atom is 0.270 e. The molecule has 1 fully saturated rings. The summed E-state index contributed by atoms with van der Waals surface area (Å²) in [5.74, 6) is -0.117. The highest BCUT2D eigenvalue weighted by Crippen LogP contribution is 2.46. The predicted octanol–water partition coefficient (Wildman–Crippen LogP) is 1.97. The second kappa shape index (κ2) is 6.57. The van der Waals surface area contributed by atoms with Crippen molar-refractivity contribution in [2.45, 2.75) is 26.2 Å². The van der Waals surface area contributed by atoms with Crippen LogP contribution in [0.15, 0.2) is 29.1 Å². The van der Waals surface area contributed by atoms with Gasteiger partial charge in [-0.15, -0.1) is 11.3 Å². The third kappa shape index (κ3) is 2.54. The van der Waals surface area contributed by atoms with Crippen molar-refractivity contribution in [3.63, 3.8) is 0 Å². The molecular weight excluding hydrogens is 410 g/mol. The molecule has 4 rings (SSSR count). The van der Waals surface area contributed by atoms with Crippen LogP contribution in [-0.4, -0.2) is 33.3 Å². The van der Waals surface area contributed by atoms with E-state index in [1.165, 1.54) is 28.7 Å². The molecule has 0 aliphatic carbocycles. The molecule has 0 atom stereocenters. The fourth-order valence-corrected chi connectivity index (χ4v) is 6.94. The summed E-state index contributed by atoms with van der Waals surface area (Å²) in [7, 11) is 3.73. The summed E-state index contributed by atoms with van der Waals surface area (Å²) >= 11 is 8.00. The van der Waals surface area contributed by atoms with Crippen molar-refractivity contribution in [3.8, 4) is 0 Å². The van der Waals surface area contributed by atoms with E-state index >= 15 is 0 Å². The first-order valence-electron chi connectivity index (χ1n) is 9.02. The topological polar surface area (TPSA) is 45.6 Å². The fourth-order valence-electron chi connectivity index (χ4n) is 4.00. The standard InChI is InChI=1S/C20H21N3O2S3/c1-6-23-17(25)14(28-19(23)26)18-22(5)16(24)13(27-18)15-20(2,3)11-9-7-8-10-12(11)21(15)4/h7-10H,6H2,1-5H3. The maximum atomic E-state index is 13.2. The minimum Gasteiger partial charge on any atom is -0.346 e. The smallest absolute Gasteiger partial charge is 0.270 e. The number of hydrogen-bond acceptors (Lipinski definition) is 6. The van der Waals surface area contributed by atoms with Gasteiger partial charge in [0.2, 0.25) is 0 Å². The van der Waals surface area contributed by atoms with Crippen molar-refractivity contribution in [1.29, 1.82) is 0 Å². The van der Waals surface area contributed by atoms with E-state index in [9.17, 15) is 9.59 Å². The Hall–Kier alpha value is -1.90. The highest BCUT2D eigenvalue weighted by molar-refractivity contribution is 8.30. The summed E-state index contributed by atoms with van der Waals surface area (Å²) in [6, 6.07) is 8.22. The molecule has 0 spiro atoms. The van der Waals surface area contributed by atoms with E-state index in [1.54, 1.807) is 16.5 Å². The number of rotatable bonds is 1. The Morgan fingerprint density at radius 2 is 1.82 bits per heavy atom. The van der Waals surface area contributed by atoms with E-state index in [4.69, 9.17) is 12.2 Å². The lowest BCUT2D eigenvalue weighted by Crippen LogP contribution is -2.37.